The Kier molecular flexibility index (Phi) is 4.71. The third-order valence-electron chi connectivity index (χ3n) is 3.84. The highest BCUT2D eigenvalue weighted by Crippen LogP contribution is 2.25. The number of hydrogen-bond donors (Lipinski definition) is 1. The van der Waals surface area contributed by atoms with Gasteiger partial charge in [-0.05, 0) is 25.0 Å². The van der Waals surface area contributed by atoms with Crippen LogP contribution in [0.5, 0.6) is 0 Å². The molecule has 1 saturated heterocycles. The van der Waals surface area contributed by atoms with Gasteiger partial charge < -0.3 is 15.5 Å². The number of hydrogen-bond acceptors (Lipinski definition) is 3. The van der Waals surface area contributed by atoms with Crippen molar-refractivity contribution in [2.45, 2.75) is 18.9 Å². The van der Waals surface area contributed by atoms with Crippen molar-refractivity contribution in [3.05, 3.63) is 29.8 Å². The van der Waals surface area contributed by atoms with Crippen molar-refractivity contribution in [3.63, 3.8) is 0 Å². The first kappa shape index (κ1) is 14.2. The minimum atomic E-state index is -0.535. The molecule has 0 atom stereocenters. The summed E-state index contributed by atoms with van der Waals surface area (Å²) in [5.41, 5.74) is 6.01. The number of benzene rings is 1. The Balaban J connectivity index is 1.99. The molecular weight excluding hydrogens is 248 g/mol. The van der Waals surface area contributed by atoms with Gasteiger partial charge in [0.1, 0.15) is 11.6 Å². The molecular formula is C14H21F2N3. The van der Waals surface area contributed by atoms with Gasteiger partial charge in [-0.1, -0.05) is 0 Å². The number of rotatable bonds is 4. The van der Waals surface area contributed by atoms with E-state index in [-0.39, 0.29) is 0 Å². The van der Waals surface area contributed by atoms with Gasteiger partial charge in [-0.15, -0.1) is 0 Å². The minimum absolute atomic E-state index is 0.300. The molecule has 1 aliphatic heterocycles. The minimum Gasteiger partial charge on any atom is -0.369 e. The molecule has 2 rings (SSSR count). The van der Waals surface area contributed by atoms with Gasteiger partial charge in [0.25, 0.3) is 0 Å². The molecule has 5 heteroatoms. The van der Waals surface area contributed by atoms with Gasteiger partial charge in [0.15, 0.2) is 0 Å². The number of nitrogens with two attached hydrogens (primary N) is 1. The van der Waals surface area contributed by atoms with E-state index in [1.54, 1.807) is 0 Å². The molecule has 2 N–H and O–H groups in total. The quantitative estimate of drug-likeness (QED) is 0.905. The Hall–Kier alpha value is -1.20. The van der Waals surface area contributed by atoms with Crippen LogP contribution in [-0.4, -0.2) is 44.2 Å². The van der Waals surface area contributed by atoms with E-state index in [0.717, 1.165) is 38.5 Å². The van der Waals surface area contributed by atoms with Gasteiger partial charge in [0, 0.05) is 45.3 Å². The number of anilines is 1. The van der Waals surface area contributed by atoms with Gasteiger partial charge in [-0.2, -0.15) is 0 Å². The number of piperidine rings is 1. The van der Waals surface area contributed by atoms with Crippen LogP contribution < -0.4 is 10.6 Å². The summed E-state index contributed by atoms with van der Waals surface area (Å²) in [5, 5.41) is 0. The zero-order valence-corrected chi connectivity index (χ0v) is 11.3. The lowest BCUT2D eigenvalue weighted by atomic mass is 10.0. The fourth-order valence-corrected chi connectivity index (χ4v) is 2.68. The first-order valence-electron chi connectivity index (χ1n) is 6.72. The molecule has 0 saturated carbocycles. The Morgan fingerprint density at radius 2 is 2.00 bits per heavy atom. The highest BCUT2D eigenvalue weighted by atomic mass is 19.1. The Bertz CT molecular complexity index is 417. The standard InChI is InChI=1S/C14H21F2N3/c1-18(14-3-2-11(15)10-13(14)16)12-4-7-19(8-5-12)9-6-17/h2-3,10,12H,4-9,17H2,1H3. The molecule has 106 valence electrons. The third-order valence-corrected chi connectivity index (χ3v) is 3.84. The monoisotopic (exact) mass is 269 g/mol. The number of halogens is 2. The van der Waals surface area contributed by atoms with E-state index in [1.807, 2.05) is 11.9 Å². The predicted molar refractivity (Wildman–Crippen MR) is 73.3 cm³/mol. The van der Waals surface area contributed by atoms with Crippen molar-refractivity contribution in [1.82, 2.24) is 4.90 Å². The molecule has 0 unspecified atom stereocenters. The van der Waals surface area contributed by atoms with E-state index in [9.17, 15) is 8.78 Å². The molecule has 1 heterocycles. The molecule has 0 spiro atoms. The Labute approximate surface area is 113 Å². The van der Waals surface area contributed by atoms with Crippen molar-refractivity contribution < 1.29 is 8.78 Å². The van der Waals surface area contributed by atoms with Crippen LogP contribution in [0.1, 0.15) is 12.8 Å². The van der Waals surface area contributed by atoms with Crippen LogP contribution in [-0.2, 0) is 0 Å². The van der Waals surface area contributed by atoms with E-state index in [4.69, 9.17) is 5.73 Å². The van der Waals surface area contributed by atoms with E-state index in [0.29, 0.717) is 18.3 Å². The fraction of sp³-hybridized carbons (Fsp3) is 0.571. The molecule has 0 aliphatic carbocycles. The maximum Gasteiger partial charge on any atom is 0.149 e. The highest BCUT2D eigenvalue weighted by Gasteiger charge is 2.23. The van der Waals surface area contributed by atoms with Crippen molar-refractivity contribution in [2.24, 2.45) is 5.73 Å². The molecule has 3 nitrogen and oxygen atoms in total. The van der Waals surface area contributed by atoms with Crippen LogP contribution in [0.25, 0.3) is 0 Å². The van der Waals surface area contributed by atoms with Crippen LogP contribution in [0, 0.1) is 11.6 Å². The smallest absolute Gasteiger partial charge is 0.149 e. The van der Waals surface area contributed by atoms with Crippen LogP contribution in [0.4, 0.5) is 14.5 Å². The molecule has 1 aromatic rings. The van der Waals surface area contributed by atoms with Crippen LogP contribution in [0.15, 0.2) is 18.2 Å². The molecule has 1 fully saturated rings. The molecule has 1 aromatic carbocycles. The van der Waals surface area contributed by atoms with E-state index in [2.05, 4.69) is 4.90 Å². The maximum absolute atomic E-state index is 13.7. The molecule has 19 heavy (non-hydrogen) atoms. The average Bonchev–Trinajstić information content (AvgIpc) is 2.39. The second-order valence-electron chi connectivity index (χ2n) is 5.07. The lowest BCUT2D eigenvalue weighted by Gasteiger charge is -2.37. The van der Waals surface area contributed by atoms with Gasteiger partial charge in [-0.25, -0.2) is 8.78 Å². The second kappa shape index (κ2) is 6.30. The predicted octanol–water partition coefficient (Wildman–Crippen LogP) is 1.82. The normalized spacial score (nSPS) is 17.7. The topological polar surface area (TPSA) is 32.5 Å². The zero-order chi connectivity index (χ0) is 13.8. The van der Waals surface area contributed by atoms with Gasteiger partial charge in [0.2, 0.25) is 0 Å². The van der Waals surface area contributed by atoms with Crippen molar-refractivity contribution in [3.8, 4) is 0 Å². The summed E-state index contributed by atoms with van der Waals surface area (Å²) in [5.74, 6) is -1.03. The molecule has 1 aliphatic rings. The summed E-state index contributed by atoms with van der Waals surface area (Å²) in [7, 11) is 1.87. The van der Waals surface area contributed by atoms with E-state index < -0.39 is 11.6 Å². The maximum atomic E-state index is 13.7. The van der Waals surface area contributed by atoms with E-state index in [1.165, 1.54) is 12.1 Å². The van der Waals surface area contributed by atoms with Crippen molar-refractivity contribution in [2.75, 3.05) is 38.1 Å². The highest BCUT2D eigenvalue weighted by molar-refractivity contribution is 5.48. The van der Waals surface area contributed by atoms with Gasteiger partial charge in [0.05, 0.1) is 5.69 Å². The van der Waals surface area contributed by atoms with Crippen molar-refractivity contribution in [1.29, 1.82) is 0 Å². The summed E-state index contributed by atoms with van der Waals surface area (Å²) in [4.78, 5) is 4.25. The van der Waals surface area contributed by atoms with Gasteiger partial charge >= 0.3 is 0 Å². The summed E-state index contributed by atoms with van der Waals surface area (Å²) in [6, 6.07) is 4.05. The average molecular weight is 269 g/mol. The fourth-order valence-electron chi connectivity index (χ4n) is 2.68. The summed E-state index contributed by atoms with van der Waals surface area (Å²) >= 11 is 0. The lowest BCUT2D eigenvalue weighted by molar-refractivity contribution is 0.216. The van der Waals surface area contributed by atoms with Crippen LogP contribution in [0.2, 0.25) is 0 Å². The van der Waals surface area contributed by atoms with Crippen LogP contribution >= 0.6 is 0 Å². The summed E-state index contributed by atoms with van der Waals surface area (Å²) < 4.78 is 26.7. The first-order valence-corrected chi connectivity index (χ1v) is 6.72. The third kappa shape index (κ3) is 3.42. The Morgan fingerprint density at radius 1 is 1.32 bits per heavy atom. The lowest BCUT2D eigenvalue weighted by Crippen LogP contribution is -2.45. The van der Waals surface area contributed by atoms with Crippen molar-refractivity contribution >= 4 is 5.69 Å². The molecule has 0 bridgehead atoms. The first-order chi connectivity index (χ1) is 9.11. The Morgan fingerprint density at radius 3 is 2.58 bits per heavy atom. The molecule has 0 aromatic heterocycles. The SMILES string of the molecule is CN(c1ccc(F)cc1F)C1CCN(CCN)CC1. The van der Waals surface area contributed by atoms with Gasteiger partial charge in [-0.3, -0.25) is 0 Å². The van der Waals surface area contributed by atoms with E-state index >= 15 is 0 Å². The largest absolute Gasteiger partial charge is 0.369 e. The molecule has 0 amide bonds. The second-order valence-corrected chi connectivity index (χ2v) is 5.07. The summed E-state index contributed by atoms with van der Waals surface area (Å²) in [6.45, 7) is 3.55. The zero-order valence-electron chi connectivity index (χ0n) is 11.3. The molecule has 0 radical (unpaired) electrons. The summed E-state index contributed by atoms with van der Waals surface area (Å²) in [6.07, 6.45) is 1.96. The van der Waals surface area contributed by atoms with Crippen LogP contribution in [0.3, 0.4) is 0 Å². The number of nitrogens with zero attached hydrogens (tertiary/aromatic N) is 2. The number of likely N-dealkylation sites (tertiary alicyclic amines) is 1.